The van der Waals surface area contributed by atoms with E-state index in [9.17, 15) is 9.59 Å². The van der Waals surface area contributed by atoms with E-state index in [4.69, 9.17) is 9.84 Å². The molecule has 1 N–H and O–H groups in total. The molecule has 0 amide bonds. The van der Waals surface area contributed by atoms with Gasteiger partial charge in [0.05, 0.1) is 12.8 Å². The van der Waals surface area contributed by atoms with E-state index >= 15 is 0 Å². The summed E-state index contributed by atoms with van der Waals surface area (Å²) in [5.41, 5.74) is 2.29. The van der Waals surface area contributed by atoms with E-state index in [0.717, 1.165) is 48.9 Å². The smallest absolute Gasteiger partial charge is 0.306 e. The van der Waals surface area contributed by atoms with Crippen LogP contribution in [0.5, 0.6) is 0 Å². The third-order valence-corrected chi connectivity index (χ3v) is 10.3. The number of aliphatic carboxylic acids is 1. The number of carbonyl (C=O) groups is 2. The number of fused-ring (bicyclic) bond motifs is 5. The highest BCUT2D eigenvalue weighted by Gasteiger charge is 2.59. The van der Waals surface area contributed by atoms with Gasteiger partial charge in [0, 0.05) is 6.42 Å². The molecular weight excluding hydrogens is 388 g/mol. The lowest BCUT2D eigenvalue weighted by Crippen LogP contribution is -2.51. The van der Waals surface area contributed by atoms with Gasteiger partial charge < -0.3 is 9.84 Å². The molecule has 0 spiro atoms. The van der Waals surface area contributed by atoms with Crippen molar-refractivity contribution in [3.8, 4) is 0 Å². The molecule has 0 aliphatic heterocycles. The van der Waals surface area contributed by atoms with Crippen LogP contribution in [0.4, 0.5) is 0 Å². The molecule has 4 nitrogen and oxygen atoms in total. The summed E-state index contributed by atoms with van der Waals surface area (Å²) in [5.74, 6) is 2.87. The summed E-state index contributed by atoms with van der Waals surface area (Å²) in [7, 11) is 0. The molecule has 4 aliphatic carbocycles. The van der Waals surface area contributed by atoms with Gasteiger partial charge in [-0.05, 0) is 85.4 Å². The fraction of sp³-hybridized carbons (Fsp3) is 0.852. The number of hydrogen-bond donors (Lipinski definition) is 1. The Bertz CT molecular complexity index is 742. The Hall–Kier alpha value is -1.32. The molecule has 174 valence electrons. The second kappa shape index (κ2) is 8.56. The molecule has 0 radical (unpaired) electrons. The Morgan fingerprint density at radius 3 is 2.61 bits per heavy atom. The van der Waals surface area contributed by atoms with Crippen molar-refractivity contribution < 1.29 is 19.4 Å². The first-order valence-corrected chi connectivity index (χ1v) is 12.8. The zero-order valence-corrected chi connectivity index (χ0v) is 20.0. The third kappa shape index (κ3) is 3.97. The van der Waals surface area contributed by atoms with Crippen LogP contribution in [0.2, 0.25) is 0 Å². The van der Waals surface area contributed by atoms with Gasteiger partial charge >= 0.3 is 11.9 Å². The van der Waals surface area contributed by atoms with Crippen molar-refractivity contribution in [2.45, 2.75) is 104 Å². The Labute approximate surface area is 188 Å². The van der Waals surface area contributed by atoms with Gasteiger partial charge in [-0.15, -0.1) is 0 Å². The Kier molecular flexibility index (Phi) is 6.31. The maximum Gasteiger partial charge on any atom is 0.306 e. The van der Waals surface area contributed by atoms with Gasteiger partial charge in [0.15, 0.2) is 0 Å². The minimum atomic E-state index is -0.944. The van der Waals surface area contributed by atoms with E-state index in [1.807, 2.05) is 0 Å². The van der Waals surface area contributed by atoms with E-state index in [1.54, 1.807) is 0 Å². The van der Waals surface area contributed by atoms with Gasteiger partial charge in [-0.2, -0.15) is 0 Å². The molecule has 31 heavy (non-hydrogen) atoms. The minimum Gasteiger partial charge on any atom is -0.481 e. The van der Waals surface area contributed by atoms with Crippen LogP contribution in [-0.2, 0) is 14.3 Å². The molecule has 4 aliphatic rings. The molecule has 0 saturated heterocycles. The summed E-state index contributed by atoms with van der Waals surface area (Å²) in [6, 6.07) is 0. The number of carbonyl (C=O) groups excluding carboxylic acids is 1. The Morgan fingerprint density at radius 1 is 1.13 bits per heavy atom. The number of ether oxygens (including phenoxy) is 1. The lowest BCUT2D eigenvalue weighted by atomic mass is 9.47. The third-order valence-electron chi connectivity index (χ3n) is 10.3. The van der Waals surface area contributed by atoms with Gasteiger partial charge in [-0.1, -0.05) is 45.8 Å². The first-order chi connectivity index (χ1) is 14.7. The SMILES string of the molecule is CC[C@@H](C)[C@H]1CC[C@H]2[C@@H]3CC=C4C[C@@H](OC(=O)CCC(=O)O)CC[C@]4(C)[C@H]3CC[C@]12C. The number of esters is 1. The second-order valence-electron chi connectivity index (χ2n) is 11.6. The Balaban J connectivity index is 1.45. The Morgan fingerprint density at radius 2 is 1.90 bits per heavy atom. The maximum absolute atomic E-state index is 12.0. The fourth-order valence-electron chi connectivity index (χ4n) is 8.44. The zero-order valence-electron chi connectivity index (χ0n) is 20.0. The standard InChI is InChI=1S/C27H42O4/c1-5-17(2)21-8-9-22-20-7-6-18-16-19(31-25(30)11-10-24(28)29)12-14-26(18,3)23(20)13-15-27(21,22)4/h6,17,19-23H,5,7-16H2,1-4H3,(H,28,29)/t17-,19+,20+,21-,22+,23+,26+,27-/m1/s1. The summed E-state index contributed by atoms with van der Waals surface area (Å²) in [6.45, 7) is 9.94. The van der Waals surface area contributed by atoms with Crippen molar-refractivity contribution in [3.63, 3.8) is 0 Å². The van der Waals surface area contributed by atoms with Gasteiger partial charge in [-0.25, -0.2) is 0 Å². The first-order valence-electron chi connectivity index (χ1n) is 12.8. The zero-order chi connectivity index (χ0) is 22.4. The van der Waals surface area contributed by atoms with Crippen molar-refractivity contribution >= 4 is 11.9 Å². The van der Waals surface area contributed by atoms with Gasteiger partial charge in [-0.3, -0.25) is 9.59 Å². The molecular formula is C27H42O4. The minimum absolute atomic E-state index is 0.0234. The van der Waals surface area contributed by atoms with Crippen molar-refractivity contribution in [2.75, 3.05) is 0 Å². The van der Waals surface area contributed by atoms with Crippen LogP contribution < -0.4 is 0 Å². The lowest BCUT2D eigenvalue weighted by molar-refractivity contribution is -0.154. The normalized spacial score (nSPS) is 42.6. The summed E-state index contributed by atoms with van der Waals surface area (Å²) < 4.78 is 5.67. The van der Waals surface area contributed by atoms with Crippen molar-refractivity contribution in [1.82, 2.24) is 0 Å². The topological polar surface area (TPSA) is 63.6 Å². The lowest BCUT2D eigenvalue weighted by Gasteiger charge is -2.58. The monoisotopic (exact) mass is 430 g/mol. The van der Waals surface area contributed by atoms with Crippen LogP contribution in [0.1, 0.15) is 98.3 Å². The molecule has 0 unspecified atom stereocenters. The van der Waals surface area contributed by atoms with Crippen LogP contribution in [0.3, 0.4) is 0 Å². The van der Waals surface area contributed by atoms with Gasteiger partial charge in [0.2, 0.25) is 0 Å². The quantitative estimate of drug-likeness (QED) is 0.392. The van der Waals surface area contributed by atoms with E-state index < -0.39 is 5.97 Å². The van der Waals surface area contributed by atoms with Crippen molar-refractivity contribution in [3.05, 3.63) is 11.6 Å². The molecule has 3 fully saturated rings. The van der Waals surface area contributed by atoms with E-state index in [0.29, 0.717) is 5.41 Å². The van der Waals surface area contributed by atoms with E-state index in [2.05, 4.69) is 33.8 Å². The van der Waals surface area contributed by atoms with Crippen LogP contribution in [0.15, 0.2) is 11.6 Å². The van der Waals surface area contributed by atoms with E-state index in [-0.39, 0.29) is 30.3 Å². The summed E-state index contributed by atoms with van der Waals surface area (Å²) in [6.07, 6.45) is 13.2. The van der Waals surface area contributed by atoms with Crippen LogP contribution >= 0.6 is 0 Å². The summed E-state index contributed by atoms with van der Waals surface area (Å²) >= 11 is 0. The summed E-state index contributed by atoms with van der Waals surface area (Å²) in [5, 5.41) is 8.79. The number of allylic oxidation sites excluding steroid dienone is 1. The molecule has 8 atom stereocenters. The highest BCUT2D eigenvalue weighted by Crippen LogP contribution is 2.67. The molecule has 0 bridgehead atoms. The number of carboxylic acids is 1. The molecule has 4 rings (SSSR count). The number of rotatable bonds is 6. The van der Waals surface area contributed by atoms with Crippen molar-refractivity contribution in [2.24, 2.45) is 40.4 Å². The van der Waals surface area contributed by atoms with Gasteiger partial charge in [0.25, 0.3) is 0 Å². The predicted molar refractivity (Wildman–Crippen MR) is 121 cm³/mol. The molecule has 0 heterocycles. The van der Waals surface area contributed by atoms with Crippen LogP contribution in [0.25, 0.3) is 0 Å². The largest absolute Gasteiger partial charge is 0.481 e. The maximum atomic E-state index is 12.0. The molecule has 0 aromatic rings. The molecule has 3 saturated carbocycles. The fourth-order valence-corrected chi connectivity index (χ4v) is 8.44. The average molecular weight is 431 g/mol. The summed E-state index contributed by atoms with van der Waals surface area (Å²) in [4.78, 5) is 22.8. The highest BCUT2D eigenvalue weighted by molar-refractivity contribution is 5.76. The molecule has 0 aromatic carbocycles. The van der Waals surface area contributed by atoms with E-state index in [1.165, 1.54) is 44.1 Å². The molecule has 4 heteroatoms. The second-order valence-corrected chi connectivity index (χ2v) is 11.6. The van der Waals surface area contributed by atoms with Gasteiger partial charge in [0.1, 0.15) is 6.10 Å². The van der Waals surface area contributed by atoms with Crippen LogP contribution in [0, 0.1) is 40.4 Å². The first kappa shape index (κ1) is 22.9. The number of carboxylic acid groups (broad SMARTS) is 1. The molecule has 0 aromatic heterocycles. The highest BCUT2D eigenvalue weighted by atomic mass is 16.5. The predicted octanol–water partition coefficient (Wildman–Crippen LogP) is 6.39. The van der Waals surface area contributed by atoms with Crippen molar-refractivity contribution in [1.29, 1.82) is 0 Å². The number of hydrogen-bond acceptors (Lipinski definition) is 3. The van der Waals surface area contributed by atoms with Crippen LogP contribution in [-0.4, -0.2) is 23.1 Å². The average Bonchev–Trinajstić information content (AvgIpc) is 3.09.